The third-order valence-electron chi connectivity index (χ3n) is 4.78. The number of benzene rings is 2. The topological polar surface area (TPSA) is 110 Å². The van der Waals surface area contributed by atoms with Crippen molar-refractivity contribution in [3.05, 3.63) is 72.8 Å². The van der Waals surface area contributed by atoms with E-state index in [1.807, 2.05) is 0 Å². The molecule has 13 heteroatoms. The summed E-state index contributed by atoms with van der Waals surface area (Å²) in [5.74, 6) is -0.387. The highest BCUT2D eigenvalue weighted by Crippen LogP contribution is 2.43. The smallest absolute Gasteiger partial charge is 0.357 e. The highest BCUT2D eigenvalue weighted by Gasteiger charge is 2.40. The average molecular weight is 459 g/mol. The molecule has 1 amide bonds. The fraction of sp³-hybridized carbons (Fsp3) is 0.278. The summed E-state index contributed by atoms with van der Waals surface area (Å²) in [4.78, 5) is 36.0. The first-order valence-corrected chi connectivity index (χ1v) is 9.21. The van der Waals surface area contributed by atoms with Crippen LogP contribution in [-0.4, -0.2) is 46.8 Å². The van der Waals surface area contributed by atoms with E-state index in [-0.39, 0.29) is 54.8 Å². The zero-order valence-electron chi connectivity index (χ0n) is 15.6. The van der Waals surface area contributed by atoms with Gasteiger partial charge in [0.1, 0.15) is 0 Å². The quantitative estimate of drug-likeness (QED) is 0.503. The van der Waals surface area contributed by atoms with Crippen molar-refractivity contribution in [3.63, 3.8) is 0 Å². The molecular formula is C18H14ClF3N4O5. The number of halogens is 4. The van der Waals surface area contributed by atoms with Crippen molar-refractivity contribution >= 4 is 34.6 Å². The van der Waals surface area contributed by atoms with Crippen molar-refractivity contribution < 1.29 is 27.8 Å². The lowest BCUT2D eigenvalue weighted by Gasteiger charge is -2.35. The lowest BCUT2D eigenvalue weighted by atomic mass is 10.1. The molecule has 2 aromatic rings. The number of rotatable bonds is 4. The lowest BCUT2D eigenvalue weighted by Crippen LogP contribution is -2.49. The summed E-state index contributed by atoms with van der Waals surface area (Å²) in [7, 11) is 0. The molecule has 0 radical (unpaired) electrons. The second-order valence-electron chi connectivity index (χ2n) is 6.63. The number of nitro groups is 2. The van der Waals surface area contributed by atoms with Gasteiger partial charge in [-0.2, -0.15) is 13.2 Å². The number of hydrogen-bond acceptors (Lipinski definition) is 6. The second kappa shape index (κ2) is 8.38. The number of piperazine rings is 1. The zero-order chi connectivity index (χ0) is 22.9. The van der Waals surface area contributed by atoms with Crippen molar-refractivity contribution in [1.29, 1.82) is 0 Å². The minimum Gasteiger partial charge on any atom is -0.357 e. The predicted octanol–water partition coefficient (Wildman–Crippen LogP) is 4.14. The number of nitrogens with zero attached hydrogens (tertiary/aromatic N) is 4. The first-order chi connectivity index (χ1) is 14.5. The Morgan fingerprint density at radius 1 is 0.968 bits per heavy atom. The van der Waals surface area contributed by atoms with Gasteiger partial charge in [-0.1, -0.05) is 23.7 Å². The van der Waals surface area contributed by atoms with Gasteiger partial charge in [0.2, 0.25) is 0 Å². The van der Waals surface area contributed by atoms with Crippen LogP contribution in [0.3, 0.4) is 0 Å². The SMILES string of the molecule is O=C(c1ccccc1Cl)N1CCN(c2c([N+](=O)[O-])cc(C(F)(F)F)cc2[N+](=O)[O-])CC1. The Kier molecular flexibility index (Phi) is 6.02. The third-order valence-corrected chi connectivity index (χ3v) is 5.11. The minimum atomic E-state index is -4.99. The average Bonchev–Trinajstić information content (AvgIpc) is 2.72. The van der Waals surface area contributed by atoms with Crippen LogP contribution in [0.1, 0.15) is 15.9 Å². The molecule has 0 spiro atoms. The van der Waals surface area contributed by atoms with Gasteiger partial charge in [0, 0.05) is 38.3 Å². The van der Waals surface area contributed by atoms with Gasteiger partial charge in [-0.3, -0.25) is 25.0 Å². The van der Waals surface area contributed by atoms with Gasteiger partial charge in [-0.15, -0.1) is 0 Å². The Balaban J connectivity index is 1.92. The van der Waals surface area contributed by atoms with Gasteiger partial charge in [0.05, 0.1) is 26.0 Å². The van der Waals surface area contributed by atoms with E-state index in [1.54, 1.807) is 18.2 Å². The van der Waals surface area contributed by atoms with Gasteiger partial charge in [-0.25, -0.2) is 0 Å². The molecule has 1 heterocycles. The predicted molar refractivity (Wildman–Crippen MR) is 104 cm³/mol. The van der Waals surface area contributed by atoms with E-state index < -0.39 is 38.6 Å². The summed E-state index contributed by atoms with van der Waals surface area (Å²) < 4.78 is 39.2. The van der Waals surface area contributed by atoms with E-state index in [9.17, 15) is 38.2 Å². The number of alkyl halides is 3. The van der Waals surface area contributed by atoms with Crippen LogP contribution < -0.4 is 4.90 Å². The van der Waals surface area contributed by atoms with Crippen molar-refractivity contribution in [2.24, 2.45) is 0 Å². The van der Waals surface area contributed by atoms with E-state index in [4.69, 9.17) is 11.6 Å². The maximum atomic E-state index is 13.1. The minimum absolute atomic E-state index is 0.0411. The Morgan fingerprint density at radius 2 is 1.48 bits per heavy atom. The fourth-order valence-corrected chi connectivity index (χ4v) is 3.52. The number of carbonyl (C=O) groups is 1. The van der Waals surface area contributed by atoms with Gasteiger partial charge in [-0.05, 0) is 12.1 Å². The largest absolute Gasteiger partial charge is 0.416 e. The van der Waals surface area contributed by atoms with Crippen LogP contribution >= 0.6 is 11.6 Å². The van der Waals surface area contributed by atoms with E-state index in [0.29, 0.717) is 0 Å². The van der Waals surface area contributed by atoms with E-state index in [0.717, 1.165) is 0 Å². The van der Waals surface area contributed by atoms with Crippen molar-refractivity contribution in [1.82, 2.24) is 4.90 Å². The summed E-state index contributed by atoms with van der Waals surface area (Å²) in [6, 6.07) is 6.92. The number of carbonyl (C=O) groups excluding carboxylic acids is 1. The molecule has 0 aromatic heterocycles. The lowest BCUT2D eigenvalue weighted by molar-refractivity contribution is -0.393. The summed E-state index contributed by atoms with van der Waals surface area (Å²) in [6.07, 6.45) is -4.99. The van der Waals surface area contributed by atoms with Crippen LogP contribution in [0.4, 0.5) is 30.2 Å². The number of hydrogen-bond donors (Lipinski definition) is 0. The molecule has 164 valence electrons. The summed E-state index contributed by atoms with van der Waals surface area (Å²) in [5.41, 5.74) is -3.79. The molecule has 2 aromatic carbocycles. The molecule has 0 bridgehead atoms. The van der Waals surface area contributed by atoms with Gasteiger partial charge < -0.3 is 9.80 Å². The molecule has 1 aliphatic rings. The van der Waals surface area contributed by atoms with Crippen LogP contribution in [0.5, 0.6) is 0 Å². The molecule has 31 heavy (non-hydrogen) atoms. The molecule has 3 rings (SSSR count). The van der Waals surface area contributed by atoms with Gasteiger partial charge >= 0.3 is 6.18 Å². The number of amides is 1. The zero-order valence-corrected chi connectivity index (χ0v) is 16.4. The Bertz CT molecular complexity index is 1020. The maximum Gasteiger partial charge on any atom is 0.416 e. The maximum absolute atomic E-state index is 13.1. The van der Waals surface area contributed by atoms with Crippen LogP contribution in [0.15, 0.2) is 36.4 Å². The van der Waals surface area contributed by atoms with Crippen molar-refractivity contribution in [3.8, 4) is 0 Å². The monoisotopic (exact) mass is 458 g/mol. The van der Waals surface area contributed by atoms with Crippen LogP contribution in [0.2, 0.25) is 5.02 Å². The third kappa shape index (κ3) is 4.53. The summed E-state index contributed by atoms with van der Waals surface area (Å²) >= 11 is 6.03. The molecule has 0 saturated carbocycles. The molecule has 0 aliphatic carbocycles. The van der Waals surface area contributed by atoms with Gasteiger partial charge in [0.15, 0.2) is 5.69 Å². The number of nitro benzene ring substituents is 2. The highest BCUT2D eigenvalue weighted by molar-refractivity contribution is 6.33. The molecule has 0 atom stereocenters. The Hall–Kier alpha value is -3.41. The highest BCUT2D eigenvalue weighted by atomic mass is 35.5. The molecule has 1 aliphatic heterocycles. The Morgan fingerprint density at radius 3 is 1.94 bits per heavy atom. The first-order valence-electron chi connectivity index (χ1n) is 8.83. The summed E-state index contributed by atoms with van der Waals surface area (Å²) in [5, 5.41) is 23.1. The molecule has 9 nitrogen and oxygen atoms in total. The standard InChI is InChI=1S/C18H14ClF3N4O5/c19-13-4-2-1-3-12(13)17(27)24-7-5-23(6-8-24)16-14(25(28)29)9-11(18(20,21)22)10-15(16)26(30)31/h1-4,9-10H,5-8H2. The van der Waals surface area contributed by atoms with Gasteiger partial charge in [0.25, 0.3) is 17.3 Å². The molecule has 1 saturated heterocycles. The van der Waals surface area contributed by atoms with E-state index in [2.05, 4.69) is 0 Å². The second-order valence-corrected chi connectivity index (χ2v) is 7.04. The molecule has 0 unspecified atom stereocenters. The Labute approximate surface area is 177 Å². The fourth-order valence-electron chi connectivity index (χ4n) is 3.31. The van der Waals surface area contributed by atoms with Crippen LogP contribution in [-0.2, 0) is 6.18 Å². The molecule has 1 fully saturated rings. The summed E-state index contributed by atoms with van der Waals surface area (Å²) in [6.45, 7) is -0.0226. The van der Waals surface area contributed by atoms with E-state index >= 15 is 0 Å². The van der Waals surface area contributed by atoms with Crippen LogP contribution in [0, 0.1) is 20.2 Å². The normalized spacial score (nSPS) is 14.5. The first kappa shape index (κ1) is 22.3. The van der Waals surface area contributed by atoms with Crippen molar-refractivity contribution in [2.45, 2.75) is 6.18 Å². The molecule has 0 N–H and O–H groups in total. The van der Waals surface area contributed by atoms with Crippen LogP contribution in [0.25, 0.3) is 0 Å². The van der Waals surface area contributed by atoms with Crippen molar-refractivity contribution in [2.75, 3.05) is 31.1 Å². The van der Waals surface area contributed by atoms with E-state index in [1.165, 1.54) is 15.9 Å². The molecular weight excluding hydrogens is 445 g/mol. The number of anilines is 1.